The summed E-state index contributed by atoms with van der Waals surface area (Å²) in [5.74, 6) is 0.932. The number of halogens is 1. The quantitative estimate of drug-likeness (QED) is 0.386. The Morgan fingerprint density at radius 1 is 1.05 bits per heavy atom. The molecule has 0 spiro atoms. The fourth-order valence-electron chi connectivity index (χ4n) is 5.08. The summed E-state index contributed by atoms with van der Waals surface area (Å²) >= 11 is 0. The largest absolute Gasteiger partial charge is 0.349 e. The van der Waals surface area contributed by atoms with Crippen molar-refractivity contribution in [3.05, 3.63) is 66.5 Å². The van der Waals surface area contributed by atoms with Crippen molar-refractivity contribution in [3.8, 4) is 23.0 Å². The molecule has 0 bridgehead atoms. The highest BCUT2D eigenvalue weighted by Gasteiger charge is 2.38. The molecule has 4 aromatic rings. The number of nitriles is 1. The number of carbonyl (C=O) groups is 1. The third-order valence-corrected chi connectivity index (χ3v) is 7.01. The summed E-state index contributed by atoms with van der Waals surface area (Å²) in [5, 5.41) is 10.1. The van der Waals surface area contributed by atoms with Crippen LogP contribution in [-0.4, -0.2) is 55.5 Å². The van der Waals surface area contributed by atoms with Gasteiger partial charge in [-0.2, -0.15) is 5.26 Å². The van der Waals surface area contributed by atoms with Crippen LogP contribution in [0.15, 0.2) is 55.1 Å². The number of fused-ring (bicyclic) bond motifs is 1. The van der Waals surface area contributed by atoms with Gasteiger partial charge in [0.25, 0.3) is 0 Å². The lowest BCUT2D eigenvalue weighted by atomic mass is 9.92. The second kappa shape index (κ2) is 9.53. The number of rotatable bonds is 3. The molecule has 0 unspecified atom stereocenters. The lowest BCUT2D eigenvalue weighted by Gasteiger charge is -2.46. The highest BCUT2D eigenvalue weighted by molar-refractivity contribution is 6.02. The highest BCUT2D eigenvalue weighted by Crippen LogP contribution is 2.39. The molecule has 1 aliphatic heterocycles. The van der Waals surface area contributed by atoms with Gasteiger partial charge in [0, 0.05) is 54.1 Å². The number of piperazine rings is 1. The van der Waals surface area contributed by atoms with Crippen LogP contribution in [0.5, 0.6) is 0 Å². The Kier molecular flexibility index (Phi) is 6.35. The van der Waals surface area contributed by atoms with Crippen LogP contribution >= 0.6 is 0 Å². The van der Waals surface area contributed by atoms with E-state index in [1.54, 1.807) is 47.3 Å². The molecule has 5 rings (SSSR count). The van der Waals surface area contributed by atoms with E-state index in [4.69, 9.17) is 4.98 Å². The second-order valence-electron chi connectivity index (χ2n) is 10.9. The minimum absolute atomic E-state index is 0.0348. The second-order valence-corrected chi connectivity index (χ2v) is 10.9. The fourth-order valence-corrected chi connectivity index (χ4v) is 5.08. The summed E-state index contributed by atoms with van der Waals surface area (Å²) in [6.07, 6.45) is 4.87. The monoisotopic (exact) mass is 511 g/mol. The molecular weight excluding hydrogens is 481 g/mol. The number of hydrogen-bond donors (Lipinski definition) is 0. The van der Waals surface area contributed by atoms with E-state index in [2.05, 4.69) is 27.9 Å². The summed E-state index contributed by atoms with van der Waals surface area (Å²) in [4.78, 5) is 31.0. The number of aromatic nitrogens is 4. The van der Waals surface area contributed by atoms with Crippen LogP contribution in [0.25, 0.3) is 28.0 Å². The van der Waals surface area contributed by atoms with Gasteiger partial charge >= 0.3 is 0 Å². The third kappa shape index (κ3) is 4.36. The Balaban J connectivity index is 1.69. The summed E-state index contributed by atoms with van der Waals surface area (Å²) in [6, 6.07) is 12.0. The molecule has 1 aromatic carbocycles. The van der Waals surface area contributed by atoms with Crippen LogP contribution < -0.4 is 4.90 Å². The zero-order valence-electron chi connectivity index (χ0n) is 22.2. The summed E-state index contributed by atoms with van der Waals surface area (Å²) in [7, 11) is 0. The Bertz CT molecular complexity index is 1570. The van der Waals surface area contributed by atoms with E-state index in [1.807, 2.05) is 32.6 Å². The molecule has 8 nitrogen and oxygen atoms in total. The first-order chi connectivity index (χ1) is 18.1. The van der Waals surface area contributed by atoms with Crippen molar-refractivity contribution < 1.29 is 9.18 Å². The van der Waals surface area contributed by atoms with Crippen LogP contribution in [0.1, 0.15) is 40.2 Å². The third-order valence-electron chi connectivity index (χ3n) is 7.01. The molecule has 0 N–H and O–H groups in total. The highest BCUT2D eigenvalue weighted by atomic mass is 19.1. The standard InChI is InChI=1S/C29H30FN7O/c1-18-15-36(28(38)29(3,4)5)19(2)14-35(18)26-25-22(21-8-6-7-9-23(21)30)16-37(27(25)34-17-33-26)24-12-20(13-31)10-11-32-24/h6-12,16-19H,14-15H2,1-5H3/t18-,19+/m0/s1. The van der Waals surface area contributed by atoms with Gasteiger partial charge in [-0.1, -0.05) is 39.0 Å². The predicted molar refractivity (Wildman–Crippen MR) is 144 cm³/mol. The van der Waals surface area contributed by atoms with E-state index in [9.17, 15) is 10.1 Å². The Labute approximate surface area is 221 Å². The number of hydrogen-bond acceptors (Lipinski definition) is 6. The maximum atomic E-state index is 15.1. The summed E-state index contributed by atoms with van der Waals surface area (Å²) < 4.78 is 16.9. The maximum Gasteiger partial charge on any atom is 0.228 e. The molecule has 1 saturated heterocycles. The molecule has 38 heavy (non-hydrogen) atoms. The van der Waals surface area contributed by atoms with Gasteiger partial charge in [0.2, 0.25) is 5.91 Å². The smallest absolute Gasteiger partial charge is 0.228 e. The van der Waals surface area contributed by atoms with Crippen molar-refractivity contribution in [2.75, 3.05) is 18.0 Å². The van der Waals surface area contributed by atoms with Gasteiger partial charge in [0.1, 0.15) is 23.8 Å². The lowest BCUT2D eigenvalue weighted by molar-refractivity contribution is -0.142. The zero-order valence-corrected chi connectivity index (χ0v) is 22.2. The van der Waals surface area contributed by atoms with Gasteiger partial charge in [0.15, 0.2) is 5.65 Å². The minimum atomic E-state index is -0.474. The van der Waals surface area contributed by atoms with Crippen molar-refractivity contribution in [3.63, 3.8) is 0 Å². The van der Waals surface area contributed by atoms with Crippen molar-refractivity contribution in [1.29, 1.82) is 5.26 Å². The Morgan fingerprint density at radius 3 is 2.53 bits per heavy atom. The van der Waals surface area contributed by atoms with E-state index in [0.717, 1.165) is 0 Å². The van der Waals surface area contributed by atoms with Gasteiger partial charge in [-0.25, -0.2) is 19.3 Å². The first-order valence-electron chi connectivity index (χ1n) is 12.7. The van der Waals surface area contributed by atoms with Crippen molar-refractivity contribution in [2.24, 2.45) is 5.41 Å². The van der Waals surface area contributed by atoms with Crippen LogP contribution in [0.3, 0.4) is 0 Å². The van der Waals surface area contributed by atoms with Gasteiger partial charge in [-0.3, -0.25) is 9.36 Å². The van der Waals surface area contributed by atoms with E-state index < -0.39 is 5.41 Å². The number of pyridine rings is 1. The minimum Gasteiger partial charge on any atom is -0.349 e. The molecular formula is C29H30FN7O. The molecule has 2 atom stereocenters. The lowest BCUT2D eigenvalue weighted by Crippen LogP contribution is -2.60. The number of benzene rings is 1. The van der Waals surface area contributed by atoms with Crippen molar-refractivity contribution in [1.82, 2.24) is 24.4 Å². The van der Waals surface area contributed by atoms with Crippen molar-refractivity contribution >= 4 is 22.8 Å². The number of carbonyl (C=O) groups excluding carboxylic acids is 1. The van der Waals surface area contributed by atoms with Crippen LogP contribution in [0, 0.1) is 22.6 Å². The number of amides is 1. The van der Waals surface area contributed by atoms with Crippen LogP contribution in [-0.2, 0) is 4.79 Å². The molecule has 0 saturated carbocycles. The maximum absolute atomic E-state index is 15.1. The zero-order chi connectivity index (χ0) is 27.2. The number of nitrogens with zero attached hydrogens (tertiary/aromatic N) is 7. The van der Waals surface area contributed by atoms with Crippen LogP contribution in [0.2, 0.25) is 0 Å². The van der Waals surface area contributed by atoms with E-state index >= 15 is 4.39 Å². The normalized spacial score (nSPS) is 18.0. The topological polar surface area (TPSA) is 90.9 Å². The summed E-state index contributed by atoms with van der Waals surface area (Å²) in [5.41, 5.74) is 1.60. The molecule has 3 aromatic heterocycles. The van der Waals surface area contributed by atoms with Gasteiger partial charge in [0.05, 0.1) is 17.0 Å². The number of anilines is 1. The Hall–Kier alpha value is -4.32. The summed E-state index contributed by atoms with van der Waals surface area (Å²) in [6.45, 7) is 11.0. The van der Waals surface area contributed by atoms with E-state index in [-0.39, 0.29) is 23.8 Å². The predicted octanol–water partition coefficient (Wildman–Crippen LogP) is 4.96. The van der Waals surface area contributed by atoms with E-state index in [0.29, 0.717) is 52.4 Å². The molecule has 0 aliphatic carbocycles. The molecule has 1 amide bonds. The molecule has 0 radical (unpaired) electrons. The molecule has 1 aliphatic rings. The van der Waals surface area contributed by atoms with Gasteiger partial charge in [-0.05, 0) is 32.0 Å². The Morgan fingerprint density at radius 2 is 1.82 bits per heavy atom. The average Bonchev–Trinajstić information content (AvgIpc) is 3.29. The fraction of sp³-hybridized carbons (Fsp3) is 0.345. The van der Waals surface area contributed by atoms with Gasteiger partial charge < -0.3 is 9.80 Å². The molecule has 194 valence electrons. The molecule has 4 heterocycles. The first-order valence-corrected chi connectivity index (χ1v) is 12.7. The molecule has 1 fully saturated rings. The van der Waals surface area contributed by atoms with Gasteiger partial charge in [-0.15, -0.1) is 0 Å². The van der Waals surface area contributed by atoms with Crippen molar-refractivity contribution in [2.45, 2.75) is 46.7 Å². The van der Waals surface area contributed by atoms with E-state index in [1.165, 1.54) is 12.4 Å². The SMILES string of the molecule is C[C@@H]1CN(c2ncnc3c2c(-c2ccccc2F)cn3-c2cc(C#N)ccn2)[C@@H](C)CN1C(=O)C(C)(C)C. The molecule has 9 heteroatoms. The average molecular weight is 512 g/mol. The first kappa shape index (κ1) is 25.3. The van der Waals surface area contributed by atoms with Crippen LogP contribution in [0.4, 0.5) is 10.2 Å².